The smallest absolute Gasteiger partial charge is 0.177 e. The van der Waals surface area contributed by atoms with Crippen molar-refractivity contribution >= 4 is 11.0 Å². The standard InChI is InChI=1S/C16H19N5O/c22-10-9-21-16(19-15(20-21)11-3-1-2-4-11)13-6-5-12-7-8-17-14(12)18-13/h5-8,11,22H,1-4,9-10H2,(H,17,18). The fourth-order valence-corrected chi connectivity index (χ4v) is 3.21. The first kappa shape index (κ1) is 13.5. The van der Waals surface area contributed by atoms with Gasteiger partial charge in [0.15, 0.2) is 11.6 Å². The van der Waals surface area contributed by atoms with Gasteiger partial charge in [-0.25, -0.2) is 14.6 Å². The van der Waals surface area contributed by atoms with Gasteiger partial charge in [-0.2, -0.15) is 5.10 Å². The summed E-state index contributed by atoms with van der Waals surface area (Å²) < 4.78 is 1.78. The summed E-state index contributed by atoms with van der Waals surface area (Å²) in [7, 11) is 0. The monoisotopic (exact) mass is 297 g/mol. The lowest BCUT2D eigenvalue weighted by Crippen LogP contribution is -2.07. The first-order valence-electron chi connectivity index (χ1n) is 7.85. The molecule has 4 rings (SSSR count). The van der Waals surface area contributed by atoms with Crippen LogP contribution in [0.1, 0.15) is 37.4 Å². The van der Waals surface area contributed by atoms with Gasteiger partial charge in [-0.05, 0) is 31.0 Å². The summed E-state index contributed by atoms with van der Waals surface area (Å²) in [6.07, 6.45) is 6.70. The van der Waals surface area contributed by atoms with Crippen LogP contribution < -0.4 is 0 Å². The molecule has 0 spiro atoms. The molecule has 0 bridgehead atoms. The first-order chi connectivity index (χ1) is 10.8. The lowest BCUT2D eigenvalue weighted by Gasteiger charge is -2.03. The third-order valence-electron chi connectivity index (χ3n) is 4.36. The Kier molecular flexibility index (Phi) is 3.38. The summed E-state index contributed by atoms with van der Waals surface area (Å²) in [4.78, 5) is 12.5. The van der Waals surface area contributed by atoms with E-state index in [0.717, 1.165) is 41.2 Å². The van der Waals surface area contributed by atoms with E-state index in [9.17, 15) is 5.11 Å². The Morgan fingerprint density at radius 2 is 2.05 bits per heavy atom. The van der Waals surface area contributed by atoms with Gasteiger partial charge in [0.2, 0.25) is 0 Å². The second kappa shape index (κ2) is 5.53. The van der Waals surface area contributed by atoms with Gasteiger partial charge < -0.3 is 10.1 Å². The third kappa shape index (κ3) is 2.29. The number of H-pyrrole nitrogens is 1. The van der Waals surface area contributed by atoms with Gasteiger partial charge in [0.05, 0.1) is 13.2 Å². The molecule has 1 aliphatic rings. The van der Waals surface area contributed by atoms with Crippen LogP contribution in [0.2, 0.25) is 0 Å². The molecule has 3 heterocycles. The number of rotatable bonds is 4. The van der Waals surface area contributed by atoms with Gasteiger partial charge in [-0.1, -0.05) is 12.8 Å². The zero-order valence-electron chi connectivity index (χ0n) is 12.4. The molecule has 22 heavy (non-hydrogen) atoms. The highest BCUT2D eigenvalue weighted by atomic mass is 16.3. The largest absolute Gasteiger partial charge is 0.394 e. The molecule has 1 aliphatic carbocycles. The minimum atomic E-state index is 0.0468. The molecule has 114 valence electrons. The third-order valence-corrected chi connectivity index (χ3v) is 4.36. The number of nitrogens with one attached hydrogen (secondary N) is 1. The molecule has 0 unspecified atom stereocenters. The van der Waals surface area contributed by atoms with Crippen LogP contribution in [-0.2, 0) is 6.54 Å². The number of hydrogen-bond acceptors (Lipinski definition) is 4. The van der Waals surface area contributed by atoms with Crippen molar-refractivity contribution in [3.63, 3.8) is 0 Å². The van der Waals surface area contributed by atoms with Crippen LogP contribution in [0.5, 0.6) is 0 Å². The highest BCUT2D eigenvalue weighted by Crippen LogP contribution is 2.33. The van der Waals surface area contributed by atoms with E-state index in [4.69, 9.17) is 4.98 Å². The Hall–Kier alpha value is -2.21. The summed E-state index contributed by atoms with van der Waals surface area (Å²) in [5.74, 6) is 2.09. The number of nitrogens with zero attached hydrogens (tertiary/aromatic N) is 4. The topological polar surface area (TPSA) is 79.6 Å². The zero-order valence-corrected chi connectivity index (χ0v) is 12.4. The summed E-state index contributed by atoms with van der Waals surface area (Å²) in [6.45, 7) is 0.491. The molecule has 0 atom stereocenters. The lowest BCUT2D eigenvalue weighted by atomic mass is 10.1. The van der Waals surface area contributed by atoms with Crippen molar-refractivity contribution in [3.05, 3.63) is 30.2 Å². The Morgan fingerprint density at radius 3 is 2.86 bits per heavy atom. The average Bonchev–Trinajstić information content (AvgIpc) is 3.27. The number of fused-ring (bicyclic) bond motifs is 1. The Morgan fingerprint density at radius 1 is 1.18 bits per heavy atom. The van der Waals surface area contributed by atoms with E-state index in [1.807, 2.05) is 24.4 Å². The normalized spacial score (nSPS) is 15.9. The molecule has 0 radical (unpaired) electrons. The van der Waals surface area contributed by atoms with Crippen molar-refractivity contribution in [2.24, 2.45) is 0 Å². The van der Waals surface area contributed by atoms with Crippen LogP contribution >= 0.6 is 0 Å². The van der Waals surface area contributed by atoms with E-state index in [1.54, 1.807) is 4.68 Å². The molecule has 2 N–H and O–H groups in total. The van der Waals surface area contributed by atoms with Crippen LogP contribution in [0.15, 0.2) is 24.4 Å². The van der Waals surface area contributed by atoms with Crippen molar-refractivity contribution < 1.29 is 5.11 Å². The van der Waals surface area contributed by atoms with Crippen molar-refractivity contribution in [2.75, 3.05) is 6.61 Å². The predicted octanol–water partition coefficient (Wildman–Crippen LogP) is 2.47. The van der Waals surface area contributed by atoms with Gasteiger partial charge >= 0.3 is 0 Å². The Bertz CT molecular complexity index is 785. The first-order valence-corrected chi connectivity index (χ1v) is 7.85. The van der Waals surface area contributed by atoms with Crippen molar-refractivity contribution in [1.82, 2.24) is 24.7 Å². The predicted molar refractivity (Wildman–Crippen MR) is 83.4 cm³/mol. The summed E-state index contributed by atoms with van der Waals surface area (Å²) >= 11 is 0. The molecule has 3 aromatic heterocycles. The second-order valence-electron chi connectivity index (χ2n) is 5.83. The van der Waals surface area contributed by atoms with Crippen LogP contribution in [-0.4, -0.2) is 36.4 Å². The number of aliphatic hydroxyl groups excluding tert-OH is 1. The summed E-state index contributed by atoms with van der Waals surface area (Å²) in [5.41, 5.74) is 1.64. The molecule has 6 nitrogen and oxygen atoms in total. The van der Waals surface area contributed by atoms with Crippen LogP contribution in [0, 0.1) is 0 Å². The van der Waals surface area contributed by atoms with Gasteiger partial charge in [-0.15, -0.1) is 0 Å². The van der Waals surface area contributed by atoms with Crippen molar-refractivity contribution in [2.45, 2.75) is 38.1 Å². The fraction of sp³-hybridized carbons (Fsp3) is 0.438. The van der Waals surface area contributed by atoms with E-state index >= 15 is 0 Å². The number of aromatic nitrogens is 5. The maximum absolute atomic E-state index is 9.29. The second-order valence-corrected chi connectivity index (χ2v) is 5.83. The van der Waals surface area contributed by atoms with E-state index in [1.165, 1.54) is 12.8 Å². The highest BCUT2D eigenvalue weighted by molar-refractivity contribution is 5.77. The maximum atomic E-state index is 9.29. The molecular formula is C16H19N5O. The molecule has 0 aromatic carbocycles. The molecule has 0 amide bonds. The number of pyridine rings is 1. The number of aliphatic hydroxyl groups is 1. The van der Waals surface area contributed by atoms with Gasteiger partial charge in [0, 0.05) is 17.5 Å². The molecule has 6 heteroatoms. The minimum Gasteiger partial charge on any atom is -0.394 e. The van der Waals surface area contributed by atoms with Crippen LogP contribution in [0.3, 0.4) is 0 Å². The van der Waals surface area contributed by atoms with Gasteiger partial charge in [-0.3, -0.25) is 0 Å². The van der Waals surface area contributed by atoms with Crippen molar-refractivity contribution in [3.8, 4) is 11.5 Å². The zero-order chi connectivity index (χ0) is 14.9. The fourth-order valence-electron chi connectivity index (χ4n) is 3.21. The molecule has 0 aliphatic heterocycles. The van der Waals surface area contributed by atoms with Crippen LogP contribution in [0.25, 0.3) is 22.6 Å². The highest BCUT2D eigenvalue weighted by Gasteiger charge is 2.23. The van der Waals surface area contributed by atoms with E-state index in [-0.39, 0.29) is 6.61 Å². The van der Waals surface area contributed by atoms with Gasteiger partial charge in [0.1, 0.15) is 11.3 Å². The summed E-state index contributed by atoms with van der Waals surface area (Å²) in [6, 6.07) is 5.99. The molecule has 1 saturated carbocycles. The summed E-state index contributed by atoms with van der Waals surface area (Å²) in [5, 5.41) is 15.0. The Balaban J connectivity index is 1.77. The van der Waals surface area contributed by atoms with E-state index in [0.29, 0.717) is 12.5 Å². The quantitative estimate of drug-likeness (QED) is 0.775. The van der Waals surface area contributed by atoms with E-state index < -0.39 is 0 Å². The molecule has 0 saturated heterocycles. The molecule has 3 aromatic rings. The minimum absolute atomic E-state index is 0.0468. The number of hydrogen-bond donors (Lipinski definition) is 2. The molecular weight excluding hydrogens is 278 g/mol. The maximum Gasteiger partial charge on any atom is 0.177 e. The van der Waals surface area contributed by atoms with Gasteiger partial charge in [0.25, 0.3) is 0 Å². The van der Waals surface area contributed by atoms with E-state index in [2.05, 4.69) is 15.1 Å². The number of aromatic amines is 1. The Labute approximate surface area is 128 Å². The SMILES string of the molecule is OCCn1nc(C2CCCC2)nc1-c1ccc2cc[nH]c2n1. The lowest BCUT2D eigenvalue weighted by molar-refractivity contribution is 0.269. The molecule has 1 fully saturated rings. The average molecular weight is 297 g/mol. The van der Waals surface area contributed by atoms with Crippen LogP contribution in [0.4, 0.5) is 0 Å². The van der Waals surface area contributed by atoms with Crippen molar-refractivity contribution in [1.29, 1.82) is 0 Å².